The summed E-state index contributed by atoms with van der Waals surface area (Å²) >= 11 is 0. The Labute approximate surface area is 259 Å². The van der Waals surface area contributed by atoms with E-state index >= 15 is 0 Å². The zero-order valence-electron chi connectivity index (χ0n) is 25.6. The predicted octanol–water partition coefficient (Wildman–Crippen LogP) is -4.23. The Morgan fingerprint density at radius 2 is 1.02 bits per heavy atom. The van der Waals surface area contributed by atoms with Crippen LogP contribution in [-0.4, -0.2) is 100 Å². The number of carboxylic acids is 2. The summed E-state index contributed by atoms with van der Waals surface area (Å²) in [5.41, 5.74) is 16.0. The molecule has 0 bridgehead atoms. The van der Waals surface area contributed by atoms with Gasteiger partial charge in [0.25, 0.3) is 0 Å². The zero-order chi connectivity index (χ0) is 35.0. The van der Waals surface area contributed by atoms with Gasteiger partial charge in [-0.05, 0) is 24.7 Å². The van der Waals surface area contributed by atoms with Gasteiger partial charge in [0.15, 0.2) is 0 Å². The van der Waals surface area contributed by atoms with E-state index in [0.29, 0.717) is 0 Å². The van der Waals surface area contributed by atoms with Crippen molar-refractivity contribution in [3.8, 4) is 0 Å². The Kier molecular flexibility index (Phi) is 17.4. The third kappa shape index (κ3) is 16.0. The van der Waals surface area contributed by atoms with Crippen molar-refractivity contribution >= 4 is 53.3 Å². The van der Waals surface area contributed by atoms with Gasteiger partial charge in [-0.25, -0.2) is 0 Å². The molecule has 0 fully saturated rings. The molecule has 254 valence electrons. The number of hydrogen-bond donors (Lipinski definition) is 10. The smallest absolute Gasteiger partial charge is 0.322 e. The molecule has 0 saturated heterocycles. The number of hydrogen-bond acceptors (Lipinski definition) is 10. The lowest BCUT2D eigenvalue weighted by atomic mass is 10.0. The number of primary amides is 2. The largest absolute Gasteiger partial charge is 0.481 e. The van der Waals surface area contributed by atoms with Crippen LogP contribution in [-0.2, 0) is 43.2 Å². The van der Waals surface area contributed by atoms with Crippen LogP contribution >= 0.6 is 0 Å². The zero-order valence-corrected chi connectivity index (χ0v) is 25.6. The third-order valence-corrected chi connectivity index (χ3v) is 6.27. The number of aliphatic carboxylic acids is 2. The molecule has 5 atom stereocenters. The molecule has 13 N–H and O–H groups in total. The van der Waals surface area contributed by atoms with Crippen molar-refractivity contribution in [1.82, 2.24) is 26.6 Å². The molecule has 0 heterocycles. The molecule has 0 aromatic carbocycles. The Hall–Kier alpha value is -4.81. The van der Waals surface area contributed by atoms with E-state index in [1.165, 1.54) is 0 Å². The highest BCUT2D eigenvalue weighted by molar-refractivity contribution is 5.97. The van der Waals surface area contributed by atoms with E-state index in [0.717, 1.165) is 0 Å². The van der Waals surface area contributed by atoms with Crippen LogP contribution in [0.5, 0.6) is 0 Å². The van der Waals surface area contributed by atoms with Crippen LogP contribution in [0.3, 0.4) is 0 Å². The van der Waals surface area contributed by atoms with Gasteiger partial charge < -0.3 is 54.0 Å². The van der Waals surface area contributed by atoms with Crippen molar-refractivity contribution in [2.24, 2.45) is 29.0 Å². The molecule has 0 aliphatic carbocycles. The van der Waals surface area contributed by atoms with Crippen molar-refractivity contribution in [3.63, 3.8) is 0 Å². The lowest BCUT2D eigenvalue weighted by Crippen LogP contribution is -2.60. The first kappa shape index (κ1) is 40.2. The summed E-state index contributed by atoms with van der Waals surface area (Å²) in [4.78, 5) is 109. The minimum absolute atomic E-state index is 0.106. The van der Waals surface area contributed by atoms with Gasteiger partial charge in [0.2, 0.25) is 41.4 Å². The van der Waals surface area contributed by atoms with E-state index in [1.54, 1.807) is 27.7 Å². The molecule has 0 unspecified atom stereocenters. The standard InChI is InChI=1S/C26H44N8O11/c1-11(2)20(25(44)30-10-19(39)40)34-23(42)14(6-8-17(29)36)31-24(43)15(9-18(37)38)32-26(45)21(12(3)4)33-22(41)13(27)5-7-16(28)35/h11-15,20-21H,5-10,27H2,1-4H3,(H2,28,35)(H2,29,36)(H,30,44)(H,31,43)(H,32,45)(H,33,41)(H,34,42)(H,37,38)(H,39,40)/t13-,14-,15-,20-,21-/m0/s1. The molecule has 7 amide bonds. The number of carbonyl (C=O) groups excluding carboxylic acids is 7. The van der Waals surface area contributed by atoms with Gasteiger partial charge in [-0.15, -0.1) is 0 Å². The number of carboxylic acid groups (broad SMARTS) is 2. The first-order valence-electron chi connectivity index (χ1n) is 14.0. The van der Waals surface area contributed by atoms with Crippen LogP contribution in [0.25, 0.3) is 0 Å². The number of rotatable bonds is 21. The predicted molar refractivity (Wildman–Crippen MR) is 155 cm³/mol. The van der Waals surface area contributed by atoms with Crippen molar-refractivity contribution < 1.29 is 53.4 Å². The normalized spacial score (nSPS) is 14.2. The SMILES string of the molecule is CC(C)[C@H](NC(=O)[C@H](CCC(N)=O)NC(=O)[C@H](CC(=O)O)NC(=O)[C@@H](NC(=O)[C@@H](N)CCC(N)=O)C(C)C)C(=O)NCC(=O)O. The van der Waals surface area contributed by atoms with Crippen molar-refractivity contribution in [3.05, 3.63) is 0 Å². The number of nitrogens with two attached hydrogens (primary N) is 3. The summed E-state index contributed by atoms with van der Waals surface area (Å²) in [5, 5.41) is 29.6. The fourth-order valence-corrected chi connectivity index (χ4v) is 3.76. The van der Waals surface area contributed by atoms with Crippen molar-refractivity contribution in [1.29, 1.82) is 0 Å². The summed E-state index contributed by atoms with van der Waals surface area (Å²) in [6.07, 6.45) is -2.04. The Morgan fingerprint density at radius 1 is 0.578 bits per heavy atom. The molecular formula is C26H44N8O11. The maximum absolute atomic E-state index is 13.2. The highest BCUT2D eigenvalue weighted by Gasteiger charge is 2.34. The van der Waals surface area contributed by atoms with Crippen LogP contribution in [0.4, 0.5) is 0 Å². The average molecular weight is 645 g/mol. The van der Waals surface area contributed by atoms with Gasteiger partial charge in [-0.1, -0.05) is 27.7 Å². The highest BCUT2D eigenvalue weighted by atomic mass is 16.4. The summed E-state index contributed by atoms with van der Waals surface area (Å²) < 4.78 is 0. The summed E-state index contributed by atoms with van der Waals surface area (Å²) in [6, 6.07) is -7.08. The lowest BCUT2D eigenvalue weighted by molar-refractivity contribution is -0.141. The topological polar surface area (TPSA) is 332 Å². The van der Waals surface area contributed by atoms with Crippen LogP contribution in [0.2, 0.25) is 0 Å². The lowest BCUT2D eigenvalue weighted by Gasteiger charge is -2.28. The van der Waals surface area contributed by atoms with E-state index in [9.17, 15) is 48.3 Å². The Bertz CT molecular complexity index is 1130. The molecule has 0 aromatic rings. The fraction of sp³-hybridized carbons (Fsp3) is 0.654. The molecule has 0 radical (unpaired) electrons. The summed E-state index contributed by atoms with van der Waals surface area (Å²) in [5.74, 6) is -10.3. The molecule has 0 aliphatic heterocycles. The van der Waals surface area contributed by atoms with Gasteiger partial charge in [0.05, 0.1) is 12.5 Å². The van der Waals surface area contributed by atoms with E-state index in [4.69, 9.17) is 22.3 Å². The van der Waals surface area contributed by atoms with Crippen molar-refractivity contribution in [2.45, 2.75) is 90.0 Å². The molecule has 19 heteroatoms. The molecule has 19 nitrogen and oxygen atoms in total. The second-order valence-electron chi connectivity index (χ2n) is 10.9. The van der Waals surface area contributed by atoms with Gasteiger partial charge in [-0.2, -0.15) is 0 Å². The van der Waals surface area contributed by atoms with E-state index in [1.807, 2.05) is 0 Å². The quantitative estimate of drug-likeness (QED) is 0.0568. The first-order valence-corrected chi connectivity index (χ1v) is 14.0. The molecule has 0 rings (SSSR count). The van der Waals surface area contributed by atoms with Crippen LogP contribution in [0.1, 0.15) is 59.8 Å². The van der Waals surface area contributed by atoms with Crippen LogP contribution in [0, 0.1) is 11.8 Å². The maximum Gasteiger partial charge on any atom is 0.322 e. The van der Waals surface area contributed by atoms with Crippen molar-refractivity contribution in [2.75, 3.05) is 6.54 Å². The second kappa shape index (κ2) is 19.5. The highest BCUT2D eigenvalue weighted by Crippen LogP contribution is 2.08. The molecule has 0 spiro atoms. The minimum atomic E-state index is -1.78. The molecule has 0 saturated carbocycles. The molecular weight excluding hydrogens is 600 g/mol. The van der Waals surface area contributed by atoms with E-state index in [2.05, 4.69) is 26.6 Å². The minimum Gasteiger partial charge on any atom is -0.481 e. The van der Waals surface area contributed by atoms with Gasteiger partial charge in [0.1, 0.15) is 30.7 Å². The Morgan fingerprint density at radius 3 is 1.49 bits per heavy atom. The van der Waals surface area contributed by atoms with Gasteiger partial charge in [-0.3, -0.25) is 43.2 Å². The monoisotopic (exact) mass is 644 g/mol. The van der Waals surface area contributed by atoms with Gasteiger partial charge >= 0.3 is 11.9 Å². The molecule has 0 aromatic heterocycles. The number of nitrogens with one attached hydrogen (secondary N) is 5. The summed E-state index contributed by atoms with van der Waals surface area (Å²) in [7, 11) is 0. The summed E-state index contributed by atoms with van der Waals surface area (Å²) in [6.45, 7) is 5.47. The van der Waals surface area contributed by atoms with Gasteiger partial charge in [0, 0.05) is 12.8 Å². The molecule has 45 heavy (non-hydrogen) atoms. The van der Waals surface area contributed by atoms with Crippen LogP contribution < -0.4 is 43.8 Å². The number of amides is 7. The molecule has 0 aliphatic rings. The van der Waals surface area contributed by atoms with Crippen LogP contribution in [0.15, 0.2) is 0 Å². The average Bonchev–Trinajstić information content (AvgIpc) is 2.92. The van der Waals surface area contributed by atoms with E-state index < -0.39 is 115 Å². The number of carbonyl (C=O) groups is 9. The van der Waals surface area contributed by atoms with E-state index in [-0.39, 0.29) is 19.3 Å². The second-order valence-corrected chi connectivity index (χ2v) is 10.9. The fourth-order valence-electron chi connectivity index (χ4n) is 3.76. The first-order chi connectivity index (χ1) is 20.8. The maximum atomic E-state index is 13.2. The Balaban J connectivity index is 5.95. The third-order valence-electron chi connectivity index (χ3n) is 6.27.